The van der Waals surface area contributed by atoms with Crippen LogP contribution in [0.5, 0.6) is 0 Å². The molecule has 0 atom stereocenters. The summed E-state index contributed by atoms with van der Waals surface area (Å²) in [6.45, 7) is 4.07. The number of unbranched alkanes of at least 4 members (excludes halogenated alkanes) is 6. The van der Waals surface area contributed by atoms with Crippen molar-refractivity contribution in [3.05, 3.63) is 0 Å². The molecule has 0 radical (unpaired) electrons. The Kier molecular flexibility index (Phi) is 19.2. The van der Waals surface area contributed by atoms with Gasteiger partial charge in [0.15, 0.2) is 0 Å². The Hall–Kier alpha value is 0.443. The first kappa shape index (κ1) is 26.3. The van der Waals surface area contributed by atoms with Gasteiger partial charge in [-0.1, -0.05) is 52.4 Å². The average molecular weight is 396 g/mol. The van der Waals surface area contributed by atoms with Gasteiger partial charge in [-0.3, -0.25) is 0 Å². The Morgan fingerprint density at radius 3 is 1.10 bits per heavy atom. The molecule has 0 saturated heterocycles. The normalized spacial score (nSPS) is 11.2. The van der Waals surface area contributed by atoms with Gasteiger partial charge in [-0.05, 0) is 12.8 Å². The van der Waals surface area contributed by atoms with Crippen LogP contribution in [-0.4, -0.2) is 37.4 Å². The minimum absolute atomic E-state index is 0. The van der Waals surface area contributed by atoms with Gasteiger partial charge >= 0.3 is 19.5 Å². The van der Waals surface area contributed by atoms with Crippen molar-refractivity contribution in [2.45, 2.75) is 65.2 Å². The Labute approximate surface area is 142 Å². The third kappa shape index (κ3) is 33.3. The van der Waals surface area contributed by atoms with E-state index in [1.807, 2.05) is 13.8 Å². The van der Waals surface area contributed by atoms with E-state index >= 15 is 0 Å². The molecule has 9 heteroatoms. The van der Waals surface area contributed by atoms with Gasteiger partial charge in [-0.25, -0.2) is 16.8 Å². The maximum Gasteiger partial charge on any atom is 2.00 e. The molecule has 0 heterocycles. The molecule has 0 fully saturated rings. The molecule has 0 aliphatic rings. The maximum absolute atomic E-state index is 10.0. The number of hydrogen-bond donors (Lipinski definition) is 0. The first-order chi connectivity index (χ1) is 9.12. The molecule has 0 rings (SSSR count). The molecule has 0 unspecified atom stereocenters. The van der Waals surface area contributed by atoms with Gasteiger partial charge in [0.1, 0.15) is 0 Å². The van der Waals surface area contributed by atoms with E-state index in [4.69, 9.17) is 0 Å². The van der Waals surface area contributed by atoms with Crippen molar-refractivity contribution in [2.24, 2.45) is 0 Å². The van der Waals surface area contributed by atoms with Crippen LogP contribution in [-0.2, 0) is 39.7 Å². The first-order valence-corrected chi connectivity index (χ1v) is 10.1. The monoisotopic (exact) mass is 394 g/mol. The fraction of sp³-hybridized carbons (Fsp3) is 1.00. The molecular weight excluding hydrogens is 370 g/mol. The smallest absolute Gasteiger partial charge is 0.748 e. The van der Waals surface area contributed by atoms with Crippen molar-refractivity contribution in [1.82, 2.24) is 0 Å². The minimum atomic E-state index is -3.95. The summed E-state index contributed by atoms with van der Waals surface area (Å²) in [5.74, 6) is -0.403. The predicted molar refractivity (Wildman–Crippen MR) is 77.4 cm³/mol. The third-order valence-corrected chi connectivity index (χ3v) is 4.07. The molecule has 124 valence electrons. The Morgan fingerprint density at radius 2 is 0.905 bits per heavy atom. The fourth-order valence-electron chi connectivity index (χ4n) is 1.41. The van der Waals surface area contributed by atoms with Crippen LogP contribution in [0.4, 0.5) is 0 Å². The molecule has 0 bridgehead atoms. The molecule has 0 N–H and O–H groups in total. The molecule has 0 aliphatic carbocycles. The van der Waals surface area contributed by atoms with Crippen LogP contribution in [0, 0.1) is 0 Å². The van der Waals surface area contributed by atoms with E-state index in [1.54, 1.807) is 0 Å². The summed E-state index contributed by atoms with van der Waals surface area (Å²) >= 11 is 0. The molecule has 6 nitrogen and oxygen atoms in total. The van der Waals surface area contributed by atoms with E-state index in [9.17, 15) is 25.9 Å². The van der Waals surface area contributed by atoms with Gasteiger partial charge in [-0.15, -0.1) is 0 Å². The molecule has 0 aromatic rings. The van der Waals surface area contributed by atoms with Gasteiger partial charge in [-0.2, -0.15) is 0 Å². The molecule has 0 aromatic carbocycles. The van der Waals surface area contributed by atoms with Crippen molar-refractivity contribution in [3.63, 3.8) is 0 Å². The second-order valence-corrected chi connectivity index (χ2v) is 7.69. The first-order valence-electron chi connectivity index (χ1n) is 6.99. The minimum Gasteiger partial charge on any atom is -0.748 e. The van der Waals surface area contributed by atoms with E-state index in [0.29, 0.717) is 12.8 Å². The number of hydrogen-bond acceptors (Lipinski definition) is 6. The zero-order valence-electron chi connectivity index (χ0n) is 13.0. The fourth-order valence-corrected chi connectivity index (χ4v) is 2.53. The summed E-state index contributed by atoms with van der Waals surface area (Å²) in [7, 11) is -7.91. The van der Waals surface area contributed by atoms with E-state index < -0.39 is 20.2 Å². The number of rotatable bonds is 10. The van der Waals surface area contributed by atoms with Crippen LogP contribution >= 0.6 is 0 Å². The summed E-state index contributed by atoms with van der Waals surface area (Å²) < 4.78 is 60.2. The molecule has 0 amide bonds. The summed E-state index contributed by atoms with van der Waals surface area (Å²) in [5, 5.41) is 0. The van der Waals surface area contributed by atoms with Crippen molar-refractivity contribution in [3.8, 4) is 0 Å². The second kappa shape index (κ2) is 15.3. The molecule has 21 heavy (non-hydrogen) atoms. The summed E-state index contributed by atoms with van der Waals surface area (Å²) in [4.78, 5) is 0. The van der Waals surface area contributed by atoms with Gasteiger partial charge in [0.2, 0.25) is 0 Å². The topological polar surface area (TPSA) is 114 Å². The van der Waals surface area contributed by atoms with Crippen molar-refractivity contribution in [1.29, 1.82) is 0 Å². The molecule has 0 aliphatic heterocycles. The Bertz CT molecular complexity index is 365. The Balaban J connectivity index is -0.000000295. The maximum atomic E-state index is 10.0. The van der Waals surface area contributed by atoms with Gasteiger partial charge < -0.3 is 9.11 Å². The van der Waals surface area contributed by atoms with Crippen LogP contribution in [0.15, 0.2) is 0 Å². The standard InChI is InChI=1S/2C6H14O3S.Zn/c2*1-2-3-4-5-6-10(7,8)9;/h2*2-6H2,1H3,(H,7,8,9);/q;;+2/p-2. The van der Waals surface area contributed by atoms with Crippen LogP contribution < -0.4 is 0 Å². The van der Waals surface area contributed by atoms with E-state index in [0.717, 1.165) is 38.5 Å². The molecular formula is C12H26O6S2Zn. The van der Waals surface area contributed by atoms with Gasteiger partial charge in [0.05, 0.1) is 20.2 Å². The second-order valence-electron chi connectivity index (χ2n) is 4.64. The quantitative estimate of drug-likeness (QED) is 0.318. The van der Waals surface area contributed by atoms with Crippen LogP contribution in [0.2, 0.25) is 0 Å². The van der Waals surface area contributed by atoms with Crippen LogP contribution in [0.1, 0.15) is 65.2 Å². The van der Waals surface area contributed by atoms with Crippen molar-refractivity contribution in [2.75, 3.05) is 11.5 Å². The van der Waals surface area contributed by atoms with Gasteiger partial charge in [0.25, 0.3) is 0 Å². The third-order valence-electron chi connectivity index (χ3n) is 2.50. The molecule has 0 spiro atoms. The average Bonchev–Trinajstić information content (AvgIpc) is 2.29. The molecule has 0 aromatic heterocycles. The van der Waals surface area contributed by atoms with Crippen molar-refractivity contribution < 1.29 is 45.4 Å². The zero-order chi connectivity index (χ0) is 16.1. The predicted octanol–water partition coefficient (Wildman–Crippen LogP) is 2.22. The van der Waals surface area contributed by atoms with E-state index in [2.05, 4.69) is 0 Å². The van der Waals surface area contributed by atoms with E-state index in [1.165, 1.54) is 0 Å². The van der Waals surface area contributed by atoms with Crippen molar-refractivity contribution >= 4 is 20.2 Å². The zero-order valence-corrected chi connectivity index (χ0v) is 17.6. The van der Waals surface area contributed by atoms with E-state index in [-0.39, 0.29) is 31.0 Å². The molecule has 0 saturated carbocycles. The largest absolute Gasteiger partial charge is 2.00 e. The summed E-state index contributed by atoms with van der Waals surface area (Å²) in [5.41, 5.74) is 0. The summed E-state index contributed by atoms with van der Waals surface area (Å²) in [6, 6.07) is 0. The van der Waals surface area contributed by atoms with Gasteiger partial charge in [0, 0.05) is 11.5 Å². The van der Waals surface area contributed by atoms with Crippen LogP contribution in [0.3, 0.4) is 0 Å². The summed E-state index contributed by atoms with van der Waals surface area (Å²) in [6.07, 6.45) is 6.85. The Morgan fingerprint density at radius 1 is 0.619 bits per heavy atom. The SMILES string of the molecule is CCCCCCS(=O)(=O)[O-].CCCCCCS(=O)(=O)[O-].[Zn+2]. The van der Waals surface area contributed by atoms with Crippen LogP contribution in [0.25, 0.3) is 0 Å².